The van der Waals surface area contributed by atoms with E-state index in [-0.39, 0.29) is 43.7 Å². The molecule has 0 atom stereocenters. The third-order valence-electron chi connectivity index (χ3n) is 3.68. The summed E-state index contributed by atoms with van der Waals surface area (Å²) in [7, 11) is 0. The summed E-state index contributed by atoms with van der Waals surface area (Å²) in [5.41, 5.74) is 1.25. The highest BCUT2D eigenvalue weighted by Gasteiger charge is 2.26. The Kier molecular flexibility index (Phi) is 4.60. The molecule has 7 nitrogen and oxygen atoms in total. The van der Waals surface area contributed by atoms with Crippen LogP contribution in [0, 0.1) is 0 Å². The summed E-state index contributed by atoms with van der Waals surface area (Å²) in [6, 6.07) is 10.6. The fourth-order valence-electron chi connectivity index (χ4n) is 2.50. The van der Waals surface area contributed by atoms with Gasteiger partial charge in [-0.05, 0) is 24.3 Å². The van der Waals surface area contributed by atoms with Crippen molar-refractivity contribution in [2.75, 3.05) is 16.8 Å². The lowest BCUT2D eigenvalue weighted by Crippen LogP contribution is -2.42. The van der Waals surface area contributed by atoms with Crippen LogP contribution in [0.3, 0.4) is 0 Å². The predicted molar refractivity (Wildman–Crippen MR) is 87.2 cm³/mol. The van der Waals surface area contributed by atoms with Gasteiger partial charge in [0.05, 0.1) is 24.2 Å². The van der Waals surface area contributed by atoms with Gasteiger partial charge in [0, 0.05) is 12.8 Å². The molecule has 3 rings (SSSR count). The SMILES string of the molecule is O=C(CCC(=O)N1CC(=O)Nc2ccccc21)NCc1ccco1. The lowest BCUT2D eigenvalue weighted by Gasteiger charge is -2.29. The van der Waals surface area contributed by atoms with Crippen molar-refractivity contribution in [3.63, 3.8) is 0 Å². The van der Waals surface area contributed by atoms with Crippen LogP contribution in [0.2, 0.25) is 0 Å². The molecular formula is C17H17N3O4. The predicted octanol–water partition coefficient (Wildman–Crippen LogP) is 1.66. The number of hydrogen-bond acceptors (Lipinski definition) is 4. The van der Waals surface area contributed by atoms with Crippen molar-refractivity contribution >= 4 is 29.1 Å². The molecule has 0 saturated carbocycles. The first-order chi connectivity index (χ1) is 11.6. The Balaban J connectivity index is 1.55. The molecule has 3 amide bonds. The maximum absolute atomic E-state index is 12.4. The first-order valence-electron chi connectivity index (χ1n) is 7.62. The van der Waals surface area contributed by atoms with Crippen LogP contribution in [0.5, 0.6) is 0 Å². The summed E-state index contributed by atoms with van der Waals surface area (Å²) in [6.45, 7) is 0.249. The van der Waals surface area contributed by atoms with E-state index in [4.69, 9.17) is 4.42 Å². The monoisotopic (exact) mass is 327 g/mol. The maximum Gasteiger partial charge on any atom is 0.244 e. The van der Waals surface area contributed by atoms with Gasteiger partial charge in [-0.1, -0.05) is 12.1 Å². The number of amides is 3. The first kappa shape index (κ1) is 15.8. The van der Waals surface area contributed by atoms with Gasteiger partial charge >= 0.3 is 0 Å². The minimum absolute atomic E-state index is 0.0333. The van der Waals surface area contributed by atoms with E-state index in [0.29, 0.717) is 17.1 Å². The van der Waals surface area contributed by atoms with E-state index in [0.717, 1.165) is 0 Å². The summed E-state index contributed by atoms with van der Waals surface area (Å²) in [4.78, 5) is 37.4. The van der Waals surface area contributed by atoms with Crippen LogP contribution in [0.1, 0.15) is 18.6 Å². The van der Waals surface area contributed by atoms with Crippen LogP contribution in [-0.4, -0.2) is 24.3 Å². The number of benzene rings is 1. The van der Waals surface area contributed by atoms with Crippen LogP contribution in [0.15, 0.2) is 47.1 Å². The van der Waals surface area contributed by atoms with Crippen LogP contribution in [-0.2, 0) is 20.9 Å². The number of nitrogens with zero attached hydrogens (tertiary/aromatic N) is 1. The van der Waals surface area contributed by atoms with E-state index in [2.05, 4.69) is 10.6 Å². The number of rotatable bonds is 5. The number of carbonyl (C=O) groups is 3. The molecule has 1 aromatic carbocycles. The third kappa shape index (κ3) is 3.62. The molecule has 2 N–H and O–H groups in total. The van der Waals surface area contributed by atoms with Gasteiger partial charge in [0.25, 0.3) is 0 Å². The average Bonchev–Trinajstić information content (AvgIpc) is 3.10. The van der Waals surface area contributed by atoms with Gasteiger partial charge in [0.2, 0.25) is 17.7 Å². The Morgan fingerprint density at radius 3 is 2.79 bits per heavy atom. The van der Waals surface area contributed by atoms with Crippen molar-refractivity contribution in [3.8, 4) is 0 Å². The zero-order valence-electron chi connectivity index (χ0n) is 13.0. The lowest BCUT2D eigenvalue weighted by atomic mass is 10.1. The molecule has 2 heterocycles. The Morgan fingerprint density at radius 2 is 2.00 bits per heavy atom. The second-order valence-electron chi connectivity index (χ2n) is 5.40. The van der Waals surface area contributed by atoms with Crippen molar-refractivity contribution in [2.24, 2.45) is 0 Å². The van der Waals surface area contributed by atoms with Crippen molar-refractivity contribution in [3.05, 3.63) is 48.4 Å². The maximum atomic E-state index is 12.4. The van der Waals surface area contributed by atoms with Gasteiger partial charge in [-0.3, -0.25) is 14.4 Å². The average molecular weight is 327 g/mol. The van der Waals surface area contributed by atoms with Crippen LogP contribution < -0.4 is 15.5 Å². The largest absolute Gasteiger partial charge is 0.467 e. The highest BCUT2D eigenvalue weighted by atomic mass is 16.3. The zero-order valence-corrected chi connectivity index (χ0v) is 13.0. The summed E-state index contributed by atoms with van der Waals surface area (Å²) in [6.07, 6.45) is 1.62. The van der Waals surface area contributed by atoms with E-state index >= 15 is 0 Å². The summed E-state index contributed by atoms with van der Waals surface area (Å²) >= 11 is 0. The van der Waals surface area contributed by atoms with Gasteiger partial charge in [0.1, 0.15) is 12.3 Å². The molecule has 1 aliphatic rings. The third-order valence-corrected chi connectivity index (χ3v) is 3.68. The van der Waals surface area contributed by atoms with Crippen molar-refractivity contribution < 1.29 is 18.8 Å². The van der Waals surface area contributed by atoms with Gasteiger partial charge < -0.3 is 20.0 Å². The fourth-order valence-corrected chi connectivity index (χ4v) is 2.50. The van der Waals surface area contributed by atoms with E-state index in [1.807, 2.05) is 0 Å². The molecule has 2 aromatic rings. The molecule has 0 spiro atoms. The van der Waals surface area contributed by atoms with E-state index in [1.54, 1.807) is 36.4 Å². The second kappa shape index (κ2) is 6.99. The minimum Gasteiger partial charge on any atom is -0.467 e. The van der Waals surface area contributed by atoms with E-state index in [1.165, 1.54) is 11.2 Å². The molecule has 0 fully saturated rings. The van der Waals surface area contributed by atoms with Gasteiger partial charge in [-0.25, -0.2) is 0 Å². The Hall–Kier alpha value is -3.09. The van der Waals surface area contributed by atoms with Gasteiger partial charge in [-0.15, -0.1) is 0 Å². The quantitative estimate of drug-likeness (QED) is 0.874. The molecule has 0 saturated heterocycles. The first-order valence-corrected chi connectivity index (χ1v) is 7.62. The van der Waals surface area contributed by atoms with E-state index < -0.39 is 0 Å². The standard InChI is InChI=1S/C17H17N3O4/c21-15(18-10-12-4-3-9-24-12)7-8-17(23)20-11-16(22)19-13-5-1-2-6-14(13)20/h1-6,9H,7-8,10-11H2,(H,18,21)(H,19,22). The number of nitrogens with one attached hydrogen (secondary N) is 2. The van der Waals surface area contributed by atoms with E-state index in [9.17, 15) is 14.4 Å². The Morgan fingerprint density at radius 1 is 1.17 bits per heavy atom. The topological polar surface area (TPSA) is 91.7 Å². The Labute approximate surface area is 138 Å². The molecule has 0 radical (unpaired) electrons. The molecule has 24 heavy (non-hydrogen) atoms. The second-order valence-corrected chi connectivity index (χ2v) is 5.40. The number of fused-ring (bicyclic) bond motifs is 1. The molecule has 7 heteroatoms. The molecule has 1 aromatic heterocycles. The fraction of sp³-hybridized carbons (Fsp3) is 0.235. The molecule has 0 unspecified atom stereocenters. The minimum atomic E-state index is -0.259. The highest BCUT2D eigenvalue weighted by Crippen LogP contribution is 2.29. The number of furan rings is 1. The smallest absolute Gasteiger partial charge is 0.244 e. The van der Waals surface area contributed by atoms with Crippen molar-refractivity contribution in [1.29, 1.82) is 0 Å². The Bertz CT molecular complexity index is 755. The molecule has 0 bridgehead atoms. The van der Waals surface area contributed by atoms with Crippen LogP contribution in [0.4, 0.5) is 11.4 Å². The highest BCUT2D eigenvalue weighted by molar-refractivity contribution is 6.10. The summed E-state index contributed by atoms with van der Waals surface area (Å²) in [5.74, 6) is -0.0967. The number of hydrogen-bond donors (Lipinski definition) is 2. The summed E-state index contributed by atoms with van der Waals surface area (Å²) < 4.78 is 5.12. The molecular weight excluding hydrogens is 310 g/mol. The molecule has 124 valence electrons. The molecule has 0 aliphatic carbocycles. The van der Waals surface area contributed by atoms with Gasteiger partial charge in [-0.2, -0.15) is 0 Å². The zero-order chi connectivity index (χ0) is 16.9. The normalized spacial score (nSPS) is 13.2. The van der Waals surface area contributed by atoms with Crippen LogP contribution >= 0.6 is 0 Å². The van der Waals surface area contributed by atoms with Gasteiger partial charge in [0.15, 0.2) is 0 Å². The van der Waals surface area contributed by atoms with Crippen molar-refractivity contribution in [1.82, 2.24) is 5.32 Å². The number of carbonyl (C=O) groups excluding carboxylic acids is 3. The van der Waals surface area contributed by atoms with Crippen molar-refractivity contribution in [2.45, 2.75) is 19.4 Å². The molecule has 1 aliphatic heterocycles. The van der Waals surface area contributed by atoms with Crippen LogP contribution in [0.25, 0.3) is 0 Å². The summed E-state index contributed by atoms with van der Waals surface area (Å²) in [5, 5.41) is 5.41. The number of anilines is 2. The lowest BCUT2D eigenvalue weighted by molar-refractivity contribution is -0.125. The number of para-hydroxylation sites is 2.